The van der Waals surface area contributed by atoms with Gasteiger partial charge in [0.1, 0.15) is 5.82 Å². The number of aromatic carboxylic acids is 1. The molecule has 3 aromatic carbocycles. The Morgan fingerprint density at radius 2 is 1.64 bits per heavy atom. The number of carboxylic acids is 1. The van der Waals surface area contributed by atoms with E-state index in [1.54, 1.807) is 18.2 Å². The lowest BCUT2D eigenvalue weighted by Gasteiger charge is -2.26. The van der Waals surface area contributed by atoms with Crippen LogP contribution in [0.5, 0.6) is 0 Å². The summed E-state index contributed by atoms with van der Waals surface area (Å²) in [4.78, 5) is 26.0. The molecular weight excluding hydrogens is 419 g/mol. The molecule has 6 heteroatoms. The maximum atomic E-state index is 14.7. The minimum atomic E-state index is -1.09. The van der Waals surface area contributed by atoms with Crippen LogP contribution < -0.4 is 5.32 Å². The molecule has 0 spiro atoms. The van der Waals surface area contributed by atoms with Gasteiger partial charge in [0.05, 0.1) is 5.56 Å². The summed E-state index contributed by atoms with van der Waals surface area (Å²) in [5, 5.41) is 11.9. The highest BCUT2D eigenvalue weighted by atomic mass is 19.1. The van der Waals surface area contributed by atoms with Crippen LogP contribution in [0.3, 0.4) is 0 Å². The molecule has 3 aromatic rings. The summed E-state index contributed by atoms with van der Waals surface area (Å²) in [6, 6.07) is 18.6. The van der Waals surface area contributed by atoms with Crippen LogP contribution in [0.15, 0.2) is 66.7 Å². The third-order valence-electron chi connectivity index (χ3n) is 5.95. The molecule has 1 aliphatic rings. The fourth-order valence-corrected chi connectivity index (χ4v) is 4.19. The fraction of sp³-hybridized carbons (Fsp3) is 0.259. The topological polar surface area (TPSA) is 69.6 Å². The summed E-state index contributed by atoms with van der Waals surface area (Å²) in [5.41, 5.74) is 3.54. The lowest BCUT2D eigenvalue weighted by molar-refractivity contribution is 0.0697. The van der Waals surface area contributed by atoms with Gasteiger partial charge in [-0.15, -0.1) is 0 Å². The zero-order valence-electron chi connectivity index (χ0n) is 18.4. The largest absolute Gasteiger partial charge is 0.478 e. The number of nitrogens with zero attached hydrogens (tertiary/aromatic N) is 1. The van der Waals surface area contributed by atoms with Gasteiger partial charge in [-0.05, 0) is 79.0 Å². The van der Waals surface area contributed by atoms with Crippen molar-refractivity contribution in [1.29, 1.82) is 0 Å². The highest BCUT2D eigenvalue weighted by molar-refractivity contribution is 5.97. The molecule has 1 saturated heterocycles. The minimum Gasteiger partial charge on any atom is -0.478 e. The number of likely N-dealkylation sites (tertiary alicyclic amines) is 1. The second-order valence-corrected chi connectivity index (χ2v) is 8.42. The molecule has 1 heterocycles. The third kappa shape index (κ3) is 5.84. The quantitative estimate of drug-likeness (QED) is 0.529. The van der Waals surface area contributed by atoms with Gasteiger partial charge < -0.3 is 10.4 Å². The van der Waals surface area contributed by atoms with Crippen molar-refractivity contribution >= 4 is 11.9 Å². The number of carbonyl (C=O) groups is 2. The Morgan fingerprint density at radius 1 is 0.879 bits per heavy atom. The third-order valence-corrected chi connectivity index (χ3v) is 5.95. The standard InChI is InChI=1S/C27H27FN2O3/c28-25-11-10-19(17-29-26(31)22-8-5-9-23(16-22)27(32)33)15-24(25)21-7-4-6-20(14-21)18-30-12-2-1-3-13-30/h4-11,14-16H,1-3,12-13,17-18H2,(H,29,31)(H,32,33). The van der Waals surface area contributed by atoms with Gasteiger partial charge in [0.2, 0.25) is 0 Å². The van der Waals surface area contributed by atoms with Crippen molar-refractivity contribution in [2.45, 2.75) is 32.4 Å². The number of hydrogen-bond donors (Lipinski definition) is 2. The number of piperidine rings is 1. The Bertz CT molecular complexity index is 1160. The molecule has 0 aliphatic carbocycles. The molecule has 2 N–H and O–H groups in total. The van der Waals surface area contributed by atoms with Crippen molar-refractivity contribution in [3.05, 3.63) is 94.8 Å². The lowest BCUT2D eigenvalue weighted by atomic mass is 9.99. The zero-order chi connectivity index (χ0) is 23.2. The Hall–Kier alpha value is -3.51. The van der Waals surface area contributed by atoms with Crippen molar-refractivity contribution < 1.29 is 19.1 Å². The van der Waals surface area contributed by atoms with Crippen LogP contribution >= 0.6 is 0 Å². The number of carbonyl (C=O) groups excluding carboxylic acids is 1. The summed E-state index contributed by atoms with van der Waals surface area (Å²) in [7, 11) is 0. The molecule has 0 bridgehead atoms. The monoisotopic (exact) mass is 446 g/mol. The van der Waals surface area contributed by atoms with E-state index in [1.807, 2.05) is 18.2 Å². The van der Waals surface area contributed by atoms with E-state index in [0.717, 1.165) is 36.3 Å². The van der Waals surface area contributed by atoms with Gasteiger partial charge in [-0.2, -0.15) is 0 Å². The van der Waals surface area contributed by atoms with Gasteiger partial charge in [-0.1, -0.05) is 36.8 Å². The second kappa shape index (κ2) is 10.4. The molecule has 0 saturated carbocycles. The number of benzene rings is 3. The maximum absolute atomic E-state index is 14.7. The van der Waals surface area contributed by atoms with E-state index in [9.17, 15) is 14.0 Å². The average molecular weight is 447 g/mol. The summed E-state index contributed by atoms with van der Waals surface area (Å²) < 4.78 is 14.7. The average Bonchev–Trinajstić information content (AvgIpc) is 2.84. The molecule has 0 unspecified atom stereocenters. The minimum absolute atomic E-state index is 0.0520. The summed E-state index contributed by atoms with van der Waals surface area (Å²) >= 11 is 0. The predicted octanol–water partition coefficient (Wildman–Crippen LogP) is 5.11. The van der Waals surface area contributed by atoms with Gasteiger partial charge in [-0.25, -0.2) is 9.18 Å². The number of halogens is 1. The van der Waals surface area contributed by atoms with Gasteiger partial charge in [0.15, 0.2) is 0 Å². The number of amides is 1. The first-order chi connectivity index (χ1) is 16.0. The van der Waals surface area contributed by atoms with Crippen molar-refractivity contribution in [3.63, 3.8) is 0 Å². The first kappa shape index (κ1) is 22.7. The van der Waals surface area contributed by atoms with Crippen molar-refractivity contribution in [2.24, 2.45) is 0 Å². The molecule has 4 rings (SSSR count). The highest BCUT2D eigenvalue weighted by Crippen LogP contribution is 2.26. The first-order valence-electron chi connectivity index (χ1n) is 11.2. The lowest BCUT2D eigenvalue weighted by Crippen LogP contribution is -2.29. The molecule has 1 fully saturated rings. The predicted molar refractivity (Wildman–Crippen MR) is 126 cm³/mol. The number of hydrogen-bond acceptors (Lipinski definition) is 3. The molecule has 1 aliphatic heterocycles. The Morgan fingerprint density at radius 3 is 2.42 bits per heavy atom. The highest BCUT2D eigenvalue weighted by Gasteiger charge is 2.13. The van der Waals surface area contributed by atoms with Crippen LogP contribution in [-0.2, 0) is 13.1 Å². The Kier molecular flexibility index (Phi) is 7.15. The number of nitrogens with one attached hydrogen (secondary N) is 1. The Labute approximate surface area is 192 Å². The van der Waals surface area contributed by atoms with Crippen LogP contribution in [0.25, 0.3) is 11.1 Å². The van der Waals surface area contributed by atoms with E-state index >= 15 is 0 Å². The molecule has 0 radical (unpaired) electrons. The van der Waals surface area contributed by atoms with E-state index in [0.29, 0.717) is 5.56 Å². The SMILES string of the molecule is O=C(O)c1cccc(C(=O)NCc2ccc(F)c(-c3cccc(CN4CCCCC4)c3)c2)c1. The molecule has 170 valence electrons. The van der Waals surface area contributed by atoms with Crippen molar-refractivity contribution in [1.82, 2.24) is 10.2 Å². The molecule has 0 aromatic heterocycles. The van der Waals surface area contributed by atoms with E-state index in [4.69, 9.17) is 5.11 Å². The fourth-order valence-electron chi connectivity index (χ4n) is 4.19. The molecule has 33 heavy (non-hydrogen) atoms. The van der Waals surface area contributed by atoms with Gasteiger partial charge in [0, 0.05) is 24.2 Å². The van der Waals surface area contributed by atoms with E-state index in [1.165, 1.54) is 43.5 Å². The van der Waals surface area contributed by atoms with Crippen LogP contribution in [0.4, 0.5) is 4.39 Å². The van der Waals surface area contributed by atoms with Gasteiger partial charge in [-0.3, -0.25) is 9.69 Å². The number of rotatable bonds is 7. The summed E-state index contributed by atoms with van der Waals surface area (Å²) in [5.74, 6) is -1.78. The second-order valence-electron chi connectivity index (χ2n) is 8.42. The van der Waals surface area contributed by atoms with Crippen LogP contribution in [0.2, 0.25) is 0 Å². The van der Waals surface area contributed by atoms with E-state index < -0.39 is 5.97 Å². The van der Waals surface area contributed by atoms with Crippen molar-refractivity contribution in [2.75, 3.05) is 13.1 Å². The number of carboxylic acid groups (broad SMARTS) is 1. The maximum Gasteiger partial charge on any atom is 0.335 e. The first-order valence-corrected chi connectivity index (χ1v) is 11.2. The smallest absolute Gasteiger partial charge is 0.335 e. The van der Waals surface area contributed by atoms with Crippen LogP contribution in [0.1, 0.15) is 51.1 Å². The molecule has 0 atom stereocenters. The van der Waals surface area contributed by atoms with Crippen molar-refractivity contribution in [3.8, 4) is 11.1 Å². The van der Waals surface area contributed by atoms with Crippen LogP contribution in [0, 0.1) is 5.82 Å². The molecule has 5 nitrogen and oxygen atoms in total. The van der Waals surface area contributed by atoms with E-state index in [-0.39, 0.29) is 29.4 Å². The van der Waals surface area contributed by atoms with Gasteiger partial charge in [0.25, 0.3) is 5.91 Å². The normalized spacial score (nSPS) is 14.1. The Balaban J connectivity index is 1.47. The summed E-state index contributed by atoms with van der Waals surface area (Å²) in [6.45, 7) is 3.27. The molecule has 1 amide bonds. The van der Waals surface area contributed by atoms with Crippen LogP contribution in [-0.4, -0.2) is 35.0 Å². The zero-order valence-corrected chi connectivity index (χ0v) is 18.4. The van der Waals surface area contributed by atoms with Gasteiger partial charge >= 0.3 is 5.97 Å². The molecular formula is C27H27FN2O3. The van der Waals surface area contributed by atoms with E-state index in [2.05, 4.69) is 16.3 Å². The summed E-state index contributed by atoms with van der Waals surface area (Å²) in [6.07, 6.45) is 3.74.